The number of rotatable bonds is 3. The number of carbonyl (C=O) groups is 1. The predicted molar refractivity (Wildman–Crippen MR) is 56.1 cm³/mol. The summed E-state index contributed by atoms with van der Waals surface area (Å²) >= 11 is 0. The molecular weight excluding hydrogens is 178 g/mol. The standard InChI is InChI=1S/C11H21NO2/c1-11(2,3)14-8-6-9-5-4-7-12-10(9)13/h9H,4-8H2,1-3H3,(H,12,13). The third kappa shape index (κ3) is 4.09. The van der Waals surface area contributed by atoms with Crippen molar-refractivity contribution in [1.82, 2.24) is 5.32 Å². The van der Waals surface area contributed by atoms with E-state index in [0.29, 0.717) is 6.61 Å². The number of hydrogen-bond donors (Lipinski definition) is 1. The van der Waals surface area contributed by atoms with Crippen LogP contribution < -0.4 is 5.32 Å². The topological polar surface area (TPSA) is 38.3 Å². The molecule has 0 spiro atoms. The van der Waals surface area contributed by atoms with Crippen LogP contribution in [0.5, 0.6) is 0 Å². The molecule has 1 saturated heterocycles. The summed E-state index contributed by atoms with van der Waals surface area (Å²) in [7, 11) is 0. The highest BCUT2D eigenvalue weighted by Crippen LogP contribution is 2.17. The van der Waals surface area contributed by atoms with E-state index >= 15 is 0 Å². The number of piperidine rings is 1. The Bertz CT molecular complexity index is 196. The average molecular weight is 199 g/mol. The molecule has 3 heteroatoms. The quantitative estimate of drug-likeness (QED) is 0.751. The SMILES string of the molecule is CC(C)(C)OCCC1CCCNC1=O. The van der Waals surface area contributed by atoms with E-state index in [-0.39, 0.29) is 17.4 Å². The van der Waals surface area contributed by atoms with Crippen molar-refractivity contribution in [2.24, 2.45) is 5.92 Å². The molecule has 0 aromatic carbocycles. The van der Waals surface area contributed by atoms with Gasteiger partial charge in [0, 0.05) is 19.1 Å². The molecule has 1 amide bonds. The number of ether oxygens (including phenoxy) is 1. The molecule has 1 fully saturated rings. The molecule has 1 N–H and O–H groups in total. The summed E-state index contributed by atoms with van der Waals surface area (Å²) in [6, 6.07) is 0. The number of hydrogen-bond acceptors (Lipinski definition) is 2. The minimum Gasteiger partial charge on any atom is -0.376 e. The molecule has 0 bridgehead atoms. The van der Waals surface area contributed by atoms with Gasteiger partial charge in [-0.3, -0.25) is 4.79 Å². The summed E-state index contributed by atoms with van der Waals surface area (Å²) in [5.41, 5.74) is -0.0921. The van der Waals surface area contributed by atoms with Gasteiger partial charge in [-0.1, -0.05) is 0 Å². The Morgan fingerprint density at radius 2 is 2.21 bits per heavy atom. The third-order valence-electron chi connectivity index (χ3n) is 2.40. The first-order chi connectivity index (χ1) is 6.49. The number of amides is 1. The second-order valence-corrected chi connectivity index (χ2v) is 4.88. The zero-order valence-corrected chi connectivity index (χ0v) is 9.43. The zero-order chi connectivity index (χ0) is 10.6. The Hall–Kier alpha value is -0.570. The minimum atomic E-state index is -0.0921. The van der Waals surface area contributed by atoms with Gasteiger partial charge in [0.25, 0.3) is 0 Å². The largest absolute Gasteiger partial charge is 0.376 e. The molecule has 0 aliphatic carbocycles. The van der Waals surface area contributed by atoms with Gasteiger partial charge in [-0.05, 0) is 40.0 Å². The maximum Gasteiger partial charge on any atom is 0.223 e. The summed E-state index contributed by atoms with van der Waals surface area (Å²) in [6.45, 7) is 7.63. The first kappa shape index (κ1) is 11.5. The second kappa shape index (κ2) is 4.78. The fourth-order valence-electron chi connectivity index (χ4n) is 1.62. The van der Waals surface area contributed by atoms with Crippen LogP contribution in [-0.4, -0.2) is 24.7 Å². The Morgan fingerprint density at radius 3 is 2.79 bits per heavy atom. The lowest BCUT2D eigenvalue weighted by Crippen LogP contribution is -2.37. The first-order valence-corrected chi connectivity index (χ1v) is 5.41. The highest BCUT2D eigenvalue weighted by atomic mass is 16.5. The summed E-state index contributed by atoms with van der Waals surface area (Å²) in [4.78, 5) is 11.4. The van der Waals surface area contributed by atoms with Gasteiger partial charge in [0.1, 0.15) is 0 Å². The predicted octanol–water partition coefficient (Wildman–Crippen LogP) is 1.72. The van der Waals surface area contributed by atoms with Gasteiger partial charge >= 0.3 is 0 Å². The fraction of sp³-hybridized carbons (Fsp3) is 0.909. The van der Waals surface area contributed by atoms with Crippen molar-refractivity contribution in [2.45, 2.75) is 45.6 Å². The van der Waals surface area contributed by atoms with Gasteiger partial charge in [0.15, 0.2) is 0 Å². The van der Waals surface area contributed by atoms with Gasteiger partial charge in [0.05, 0.1) is 5.60 Å². The zero-order valence-electron chi connectivity index (χ0n) is 9.43. The molecule has 14 heavy (non-hydrogen) atoms. The fourth-order valence-corrected chi connectivity index (χ4v) is 1.62. The summed E-state index contributed by atoms with van der Waals surface area (Å²) in [6.07, 6.45) is 2.97. The molecule has 0 radical (unpaired) electrons. The molecule has 1 rings (SSSR count). The van der Waals surface area contributed by atoms with Crippen LogP contribution in [0, 0.1) is 5.92 Å². The molecular formula is C11H21NO2. The van der Waals surface area contributed by atoms with Crippen LogP contribution in [0.4, 0.5) is 0 Å². The highest BCUT2D eigenvalue weighted by Gasteiger charge is 2.22. The van der Waals surface area contributed by atoms with Crippen molar-refractivity contribution in [3.05, 3.63) is 0 Å². The molecule has 1 aliphatic heterocycles. The van der Waals surface area contributed by atoms with E-state index in [1.54, 1.807) is 0 Å². The van der Waals surface area contributed by atoms with Crippen LogP contribution in [0.25, 0.3) is 0 Å². The van der Waals surface area contributed by atoms with Crippen molar-refractivity contribution in [3.63, 3.8) is 0 Å². The Morgan fingerprint density at radius 1 is 1.50 bits per heavy atom. The Balaban J connectivity index is 2.20. The highest BCUT2D eigenvalue weighted by molar-refractivity contribution is 5.79. The van der Waals surface area contributed by atoms with Crippen molar-refractivity contribution < 1.29 is 9.53 Å². The van der Waals surface area contributed by atoms with Crippen molar-refractivity contribution in [2.75, 3.05) is 13.2 Å². The van der Waals surface area contributed by atoms with Crippen LogP contribution in [-0.2, 0) is 9.53 Å². The second-order valence-electron chi connectivity index (χ2n) is 4.88. The monoisotopic (exact) mass is 199 g/mol. The lowest BCUT2D eigenvalue weighted by molar-refractivity contribution is -0.127. The molecule has 1 atom stereocenters. The van der Waals surface area contributed by atoms with E-state index in [1.807, 2.05) is 20.8 Å². The van der Waals surface area contributed by atoms with Crippen molar-refractivity contribution in [1.29, 1.82) is 0 Å². The number of carbonyl (C=O) groups excluding carboxylic acids is 1. The molecule has 0 saturated carbocycles. The van der Waals surface area contributed by atoms with Crippen LogP contribution in [0.3, 0.4) is 0 Å². The van der Waals surface area contributed by atoms with Crippen LogP contribution in [0.15, 0.2) is 0 Å². The summed E-state index contributed by atoms with van der Waals surface area (Å²) in [5.74, 6) is 0.375. The Labute approximate surface area is 86.2 Å². The molecule has 1 unspecified atom stereocenters. The van der Waals surface area contributed by atoms with Crippen molar-refractivity contribution in [3.8, 4) is 0 Å². The summed E-state index contributed by atoms with van der Waals surface area (Å²) in [5, 5.41) is 2.89. The van der Waals surface area contributed by atoms with Crippen molar-refractivity contribution >= 4 is 5.91 Å². The smallest absolute Gasteiger partial charge is 0.223 e. The van der Waals surface area contributed by atoms with Crippen LogP contribution >= 0.6 is 0 Å². The molecule has 3 nitrogen and oxygen atoms in total. The van der Waals surface area contributed by atoms with Gasteiger partial charge in [-0.15, -0.1) is 0 Å². The molecule has 0 aromatic heterocycles. The normalized spacial score (nSPS) is 23.4. The van der Waals surface area contributed by atoms with E-state index in [1.165, 1.54) is 0 Å². The molecule has 0 aromatic rings. The van der Waals surface area contributed by atoms with Gasteiger partial charge in [-0.25, -0.2) is 0 Å². The minimum absolute atomic E-state index is 0.0921. The third-order valence-corrected chi connectivity index (χ3v) is 2.40. The maximum absolute atomic E-state index is 11.4. The lowest BCUT2D eigenvalue weighted by Gasteiger charge is -2.24. The van der Waals surface area contributed by atoms with Gasteiger partial charge in [-0.2, -0.15) is 0 Å². The van der Waals surface area contributed by atoms with Crippen LogP contribution in [0.2, 0.25) is 0 Å². The Kier molecular flexibility index (Phi) is 3.93. The molecule has 1 heterocycles. The lowest BCUT2D eigenvalue weighted by atomic mass is 9.96. The molecule has 1 aliphatic rings. The van der Waals surface area contributed by atoms with Crippen LogP contribution in [0.1, 0.15) is 40.0 Å². The van der Waals surface area contributed by atoms with E-state index < -0.39 is 0 Å². The molecule has 82 valence electrons. The number of nitrogens with one attached hydrogen (secondary N) is 1. The van der Waals surface area contributed by atoms with E-state index in [4.69, 9.17) is 4.74 Å². The average Bonchev–Trinajstić information content (AvgIpc) is 2.06. The van der Waals surface area contributed by atoms with E-state index in [0.717, 1.165) is 25.8 Å². The maximum atomic E-state index is 11.4. The first-order valence-electron chi connectivity index (χ1n) is 5.41. The van der Waals surface area contributed by atoms with Gasteiger partial charge in [0.2, 0.25) is 5.91 Å². The van der Waals surface area contributed by atoms with E-state index in [9.17, 15) is 4.79 Å². The van der Waals surface area contributed by atoms with E-state index in [2.05, 4.69) is 5.32 Å². The van der Waals surface area contributed by atoms with Gasteiger partial charge < -0.3 is 10.1 Å². The summed E-state index contributed by atoms with van der Waals surface area (Å²) < 4.78 is 5.60.